The van der Waals surface area contributed by atoms with Crippen molar-refractivity contribution in [1.82, 2.24) is 0 Å². The van der Waals surface area contributed by atoms with Crippen molar-refractivity contribution in [2.75, 3.05) is 0 Å². The van der Waals surface area contributed by atoms with Crippen molar-refractivity contribution in [3.05, 3.63) is 47.5 Å². The van der Waals surface area contributed by atoms with Gasteiger partial charge in [0, 0.05) is 44.1 Å². The van der Waals surface area contributed by atoms with Gasteiger partial charge in [0.25, 0.3) is 0 Å². The number of carbonyl (C=O) groups excluding carboxylic acids is 2. The second-order valence-corrected chi connectivity index (χ2v) is 11.6. The molecule has 0 aliphatic rings. The Bertz CT molecular complexity index is 1180. The van der Waals surface area contributed by atoms with E-state index in [0.717, 1.165) is 36.8 Å². The van der Waals surface area contributed by atoms with Gasteiger partial charge in [0.15, 0.2) is 11.6 Å². The first-order valence-corrected chi connectivity index (χ1v) is 14.7. The largest absolute Gasteiger partial charge is 0.294 e. The molecular formula is C30H36O2S2. The highest BCUT2D eigenvalue weighted by Crippen LogP contribution is 2.44. The van der Waals surface area contributed by atoms with Crippen LogP contribution >= 0.6 is 22.7 Å². The fourth-order valence-corrected chi connectivity index (χ4v) is 7.40. The second kappa shape index (κ2) is 12.1. The molecule has 0 atom stereocenters. The van der Waals surface area contributed by atoms with Crippen molar-refractivity contribution in [1.29, 1.82) is 0 Å². The second-order valence-electron chi connectivity index (χ2n) is 9.46. The Hall–Kier alpha value is -2.04. The van der Waals surface area contributed by atoms with Crippen LogP contribution in [-0.2, 0) is 0 Å². The number of carbonyl (C=O) groups is 2. The molecule has 0 amide bonds. The van der Waals surface area contributed by atoms with E-state index in [-0.39, 0.29) is 11.6 Å². The van der Waals surface area contributed by atoms with Crippen molar-refractivity contribution in [2.45, 2.75) is 90.9 Å². The molecule has 4 heteroatoms. The molecule has 2 aromatic heterocycles. The quantitative estimate of drug-likeness (QED) is 0.130. The molecular weight excluding hydrogens is 456 g/mol. The molecule has 0 saturated carbocycles. The van der Waals surface area contributed by atoms with E-state index >= 15 is 0 Å². The van der Waals surface area contributed by atoms with Crippen molar-refractivity contribution in [3.8, 4) is 0 Å². The number of benzene rings is 2. The third kappa shape index (κ3) is 5.78. The number of Topliss-reactive ketones (excluding diaryl/α,β-unsaturated/α-hetero) is 2. The average Bonchev–Trinajstić information content (AvgIpc) is 3.38. The SMILES string of the molecule is CCCCCCCC(=O)c1ccc2c(c1)sc1c3ccc(C(=O)CCCCCCC)cc3sc21. The van der Waals surface area contributed by atoms with E-state index in [4.69, 9.17) is 0 Å². The lowest BCUT2D eigenvalue weighted by Crippen LogP contribution is -1.98. The Morgan fingerprint density at radius 2 is 1.00 bits per heavy atom. The minimum atomic E-state index is 0.262. The van der Waals surface area contributed by atoms with Crippen LogP contribution in [0.1, 0.15) is 112 Å². The molecule has 4 rings (SSSR count). The Morgan fingerprint density at radius 1 is 0.588 bits per heavy atom. The van der Waals surface area contributed by atoms with Gasteiger partial charge in [0.2, 0.25) is 0 Å². The highest BCUT2D eigenvalue weighted by atomic mass is 32.1. The van der Waals surface area contributed by atoms with Gasteiger partial charge in [-0.05, 0) is 25.0 Å². The lowest BCUT2D eigenvalue weighted by molar-refractivity contribution is 0.0971. The predicted octanol–water partition coefficient (Wildman–Crippen LogP) is 10.4. The first-order valence-electron chi connectivity index (χ1n) is 13.1. The van der Waals surface area contributed by atoms with Crippen molar-refractivity contribution in [2.24, 2.45) is 0 Å². The molecule has 4 aromatic rings. The van der Waals surface area contributed by atoms with Crippen molar-refractivity contribution in [3.63, 3.8) is 0 Å². The van der Waals surface area contributed by atoms with Crippen LogP contribution in [0.3, 0.4) is 0 Å². The summed E-state index contributed by atoms with van der Waals surface area (Å²) in [5, 5.41) is 2.45. The van der Waals surface area contributed by atoms with Gasteiger partial charge in [-0.15, -0.1) is 22.7 Å². The van der Waals surface area contributed by atoms with Crippen LogP contribution in [0.2, 0.25) is 0 Å². The molecule has 0 unspecified atom stereocenters. The van der Waals surface area contributed by atoms with Crippen molar-refractivity contribution < 1.29 is 9.59 Å². The Labute approximate surface area is 211 Å². The molecule has 2 nitrogen and oxygen atoms in total. The standard InChI is InChI=1S/C30H36O2S2/c1-3-5-7-9-11-13-25(31)21-15-17-23-27(19-21)33-30-24-18-16-22(20-28(24)34-29(23)30)26(32)14-12-10-8-6-4-2/h15-20H,3-14H2,1-2H3. The topological polar surface area (TPSA) is 34.1 Å². The highest BCUT2D eigenvalue weighted by molar-refractivity contribution is 7.36. The van der Waals surface area contributed by atoms with Gasteiger partial charge < -0.3 is 0 Å². The zero-order valence-electron chi connectivity index (χ0n) is 20.6. The maximum absolute atomic E-state index is 12.7. The molecule has 0 saturated heterocycles. The highest BCUT2D eigenvalue weighted by Gasteiger charge is 2.16. The molecule has 34 heavy (non-hydrogen) atoms. The summed E-state index contributed by atoms with van der Waals surface area (Å²) in [6, 6.07) is 12.4. The van der Waals surface area contributed by atoms with E-state index in [1.54, 1.807) is 22.7 Å². The number of ketones is 2. The van der Waals surface area contributed by atoms with E-state index in [1.807, 2.05) is 12.1 Å². The molecule has 0 aliphatic heterocycles. The third-order valence-corrected chi connectivity index (χ3v) is 9.24. The molecule has 0 aliphatic carbocycles. The van der Waals surface area contributed by atoms with E-state index in [1.165, 1.54) is 68.1 Å². The summed E-state index contributed by atoms with van der Waals surface area (Å²) in [4.78, 5) is 25.4. The predicted molar refractivity (Wildman–Crippen MR) is 150 cm³/mol. The van der Waals surface area contributed by atoms with Crippen LogP contribution in [0, 0.1) is 0 Å². The molecule has 0 N–H and O–H groups in total. The number of fused-ring (bicyclic) bond motifs is 5. The van der Waals surface area contributed by atoms with Crippen molar-refractivity contribution >= 4 is 63.8 Å². The van der Waals surface area contributed by atoms with Crippen LogP contribution in [0.25, 0.3) is 29.6 Å². The fraction of sp³-hybridized carbons (Fsp3) is 0.467. The Balaban J connectivity index is 1.48. The monoisotopic (exact) mass is 492 g/mol. The van der Waals surface area contributed by atoms with Gasteiger partial charge in [0.1, 0.15) is 0 Å². The number of rotatable bonds is 14. The smallest absolute Gasteiger partial charge is 0.162 e. The zero-order chi connectivity index (χ0) is 23.9. The van der Waals surface area contributed by atoms with Gasteiger partial charge in [-0.2, -0.15) is 0 Å². The molecule has 0 bridgehead atoms. The first kappa shape index (κ1) is 25.1. The number of unbranched alkanes of at least 4 members (excludes halogenated alkanes) is 8. The van der Waals surface area contributed by atoms with Crippen LogP contribution in [0.4, 0.5) is 0 Å². The Morgan fingerprint density at radius 3 is 1.41 bits per heavy atom. The summed E-state index contributed by atoms with van der Waals surface area (Å²) in [7, 11) is 0. The van der Waals surface area contributed by atoms with Crippen LogP contribution in [-0.4, -0.2) is 11.6 Å². The zero-order valence-corrected chi connectivity index (χ0v) is 22.2. The van der Waals surface area contributed by atoms with E-state index in [0.29, 0.717) is 12.8 Å². The maximum atomic E-state index is 12.7. The van der Waals surface area contributed by atoms with E-state index < -0.39 is 0 Å². The molecule has 180 valence electrons. The number of hydrogen-bond acceptors (Lipinski definition) is 4. The lowest BCUT2D eigenvalue weighted by atomic mass is 10.0. The van der Waals surface area contributed by atoms with Gasteiger partial charge in [0.05, 0.1) is 9.40 Å². The van der Waals surface area contributed by atoms with E-state index in [2.05, 4.69) is 38.1 Å². The fourth-order valence-electron chi connectivity index (χ4n) is 4.67. The van der Waals surface area contributed by atoms with Crippen LogP contribution in [0.15, 0.2) is 36.4 Å². The van der Waals surface area contributed by atoms with Crippen LogP contribution < -0.4 is 0 Å². The van der Waals surface area contributed by atoms with Gasteiger partial charge in [-0.1, -0.05) is 89.5 Å². The minimum absolute atomic E-state index is 0.262. The summed E-state index contributed by atoms with van der Waals surface area (Å²) in [6.45, 7) is 4.43. The summed E-state index contributed by atoms with van der Waals surface area (Å²) in [5.41, 5.74) is 1.68. The van der Waals surface area contributed by atoms with Gasteiger partial charge in [-0.25, -0.2) is 0 Å². The summed E-state index contributed by atoms with van der Waals surface area (Å²) >= 11 is 3.55. The minimum Gasteiger partial charge on any atom is -0.294 e. The summed E-state index contributed by atoms with van der Waals surface area (Å²) in [6.07, 6.45) is 13.0. The Kier molecular flexibility index (Phi) is 8.91. The molecule has 2 aromatic carbocycles. The van der Waals surface area contributed by atoms with Crippen LogP contribution in [0.5, 0.6) is 0 Å². The average molecular weight is 493 g/mol. The normalized spacial score (nSPS) is 11.7. The third-order valence-electron chi connectivity index (χ3n) is 6.74. The summed E-state index contributed by atoms with van der Waals surface area (Å²) in [5.74, 6) is 0.524. The maximum Gasteiger partial charge on any atom is 0.162 e. The van der Waals surface area contributed by atoms with Gasteiger partial charge in [-0.3, -0.25) is 9.59 Å². The lowest BCUT2D eigenvalue weighted by Gasteiger charge is -2.02. The van der Waals surface area contributed by atoms with E-state index in [9.17, 15) is 9.59 Å². The number of thiophene rings is 2. The molecule has 0 spiro atoms. The van der Waals surface area contributed by atoms with Gasteiger partial charge >= 0.3 is 0 Å². The molecule has 0 radical (unpaired) electrons. The molecule has 2 heterocycles. The molecule has 0 fully saturated rings. The first-order chi connectivity index (χ1) is 16.6. The number of hydrogen-bond donors (Lipinski definition) is 0. The summed E-state index contributed by atoms with van der Waals surface area (Å²) < 4.78 is 4.93.